The van der Waals surface area contributed by atoms with Gasteiger partial charge in [0.25, 0.3) is 6.47 Å². The highest BCUT2D eigenvalue weighted by Crippen LogP contribution is 2.27. The Kier molecular flexibility index (Phi) is 10.1. The standard InChI is InChI=1S/C18H27N7O3.CH2O2/c1-2-7-28-15-8-12(18(27)19-10-16-20-11-22-25-16)3-4-14(15)23-17(26)9-13-5-6-21-24-13;2-1-3/h5-6,11-12,14-15H,2-4,7-10H2,1H3,(H,19,27)(H,21,24)(H,23,26)(H,20,22,25);1H,(H,2,3)/t12-,14-,15-;/m0./s1. The molecule has 0 bridgehead atoms. The molecule has 1 aliphatic rings. The number of H-pyrrole nitrogens is 2. The fourth-order valence-corrected chi connectivity index (χ4v) is 3.43. The molecule has 12 heteroatoms. The highest BCUT2D eigenvalue weighted by atomic mass is 16.5. The number of nitrogens with one attached hydrogen (secondary N) is 4. The Morgan fingerprint density at radius 1 is 1.32 bits per heavy atom. The minimum absolute atomic E-state index is 0.0243. The lowest BCUT2D eigenvalue weighted by Gasteiger charge is -2.36. The third-order valence-electron chi connectivity index (χ3n) is 4.85. The number of carbonyl (C=O) groups is 3. The Morgan fingerprint density at radius 3 is 2.77 bits per heavy atom. The second kappa shape index (κ2) is 13.1. The van der Waals surface area contributed by atoms with Gasteiger partial charge in [-0.3, -0.25) is 24.6 Å². The minimum Gasteiger partial charge on any atom is -0.483 e. The lowest BCUT2D eigenvalue weighted by Crippen LogP contribution is -2.50. The van der Waals surface area contributed by atoms with Crippen molar-refractivity contribution in [2.45, 2.75) is 57.7 Å². The maximum absolute atomic E-state index is 12.5. The Hall–Kier alpha value is -3.28. The summed E-state index contributed by atoms with van der Waals surface area (Å²) in [6.07, 6.45) is 5.96. The van der Waals surface area contributed by atoms with E-state index in [1.807, 2.05) is 6.92 Å². The molecule has 1 fully saturated rings. The minimum atomic E-state index is -0.250. The number of rotatable bonds is 9. The predicted octanol–water partition coefficient (Wildman–Crippen LogP) is 0.168. The van der Waals surface area contributed by atoms with Gasteiger partial charge >= 0.3 is 0 Å². The largest absolute Gasteiger partial charge is 0.483 e. The SMILES string of the molecule is CCCO[C@H]1C[C@@H](C(=O)NCc2ncn[nH]2)CC[C@@H]1NC(=O)Cc1ccn[nH]1.O=CO. The van der Waals surface area contributed by atoms with Gasteiger partial charge in [-0.1, -0.05) is 6.92 Å². The topological polar surface area (TPSA) is 175 Å². The average Bonchev–Trinajstić information content (AvgIpc) is 3.46. The van der Waals surface area contributed by atoms with Gasteiger partial charge in [0.1, 0.15) is 12.2 Å². The fraction of sp³-hybridized carbons (Fsp3) is 0.579. The highest BCUT2D eigenvalue weighted by Gasteiger charge is 2.35. The first kappa shape index (κ1) is 24.0. The van der Waals surface area contributed by atoms with Crippen LogP contribution in [0.15, 0.2) is 18.6 Å². The molecule has 0 unspecified atom stereocenters. The van der Waals surface area contributed by atoms with E-state index in [0.717, 1.165) is 12.1 Å². The number of hydrogen-bond donors (Lipinski definition) is 5. The number of carboxylic acid groups (broad SMARTS) is 1. The Morgan fingerprint density at radius 2 is 2.13 bits per heavy atom. The Labute approximate surface area is 179 Å². The summed E-state index contributed by atoms with van der Waals surface area (Å²) < 4.78 is 5.97. The third kappa shape index (κ3) is 8.16. The van der Waals surface area contributed by atoms with E-state index >= 15 is 0 Å². The van der Waals surface area contributed by atoms with Gasteiger partial charge in [0, 0.05) is 24.4 Å². The summed E-state index contributed by atoms with van der Waals surface area (Å²) in [6, 6.07) is 1.68. The van der Waals surface area contributed by atoms with E-state index in [1.165, 1.54) is 6.33 Å². The smallest absolute Gasteiger partial charge is 0.290 e. The van der Waals surface area contributed by atoms with Crippen LogP contribution in [0.5, 0.6) is 0 Å². The van der Waals surface area contributed by atoms with E-state index in [2.05, 4.69) is 36.0 Å². The molecule has 1 saturated carbocycles. The summed E-state index contributed by atoms with van der Waals surface area (Å²) >= 11 is 0. The van der Waals surface area contributed by atoms with Crippen LogP contribution in [0.2, 0.25) is 0 Å². The van der Waals surface area contributed by atoms with Crippen LogP contribution < -0.4 is 10.6 Å². The van der Waals surface area contributed by atoms with Crippen LogP contribution in [0.25, 0.3) is 0 Å². The molecule has 170 valence electrons. The number of ether oxygens (including phenoxy) is 1. The molecular formula is C19H29N7O5. The van der Waals surface area contributed by atoms with Gasteiger partial charge in [0.15, 0.2) is 0 Å². The molecule has 2 aromatic rings. The lowest BCUT2D eigenvalue weighted by molar-refractivity contribution is -0.130. The van der Waals surface area contributed by atoms with E-state index in [0.29, 0.717) is 38.2 Å². The summed E-state index contributed by atoms with van der Waals surface area (Å²) in [7, 11) is 0. The first-order chi connectivity index (χ1) is 15.1. The summed E-state index contributed by atoms with van der Waals surface area (Å²) in [5.74, 6) is 0.369. The van der Waals surface area contributed by atoms with E-state index in [9.17, 15) is 9.59 Å². The van der Waals surface area contributed by atoms with Gasteiger partial charge in [-0.05, 0) is 31.7 Å². The summed E-state index contributed by atoms with van der Waals surface area (Å²) in [5, 5.41) is 26.0. The molecule has 2 aromatic heterocycles. The first-order valence-electron chi connectivity index (χ1n) is 10.2. The van der Waals surface area contributed by atoms with E-state index in [-0.39, 0.29) is 42.8 Å². The molecule has 12 nitrogen and oxygen atoms in total. The van der Waals surface area contributed by atoms with Crippen molar-refractivity contribution in [2.75, 3.05) is 6.61 Å². The van der Waals surface area contributed by atoms with Crippen molar-refractivity contribution in [1.82, 2.24) is 36.0 Å². The van der Waals surface area contributed by atoms with Crippen molar-refractivity contribution in [2.24, 2.45) is 5.92 Å². The zero-order chi connectivity index (χ0) is 22.5. The highest BCUT2D eigenvalue weighted by molar-refractivity contribution is 5.79. The summed E-state index contributed by atoms with van der Waals surface area (Å²) in [4.78, 5) is 37.2. The number of aromatic nitrogens is 5. The molecular weight excluding hydrogens is 406 g/mol. The van der Waals surface area contributed by atoms with Gasteiger partial charge in [0.2, 0.25) is 11.8 Å². The van der Waals surface area contributed by atoms with Crippen LogP contribution in [0.3, 0.4) is 0 Å². The molecule has 0 aromatic carbocycles. The predicted molar refractivity (Wildman–Crippen MR) is 109 cm³/mol. The van der Waals surface area contributed by atoms with Crippen molar-refractivity contribution in [3.8, 4) is 0 Å². The third-order valence-corrected chi connectivity index (χ3v) is 4.85. The number of hydrogen-bond acceptors (Lipinski definition) is 7. The van der Waals surface area contributed by atoms with Crippen LogP contribution >= 0.6 is 0 Å². The molecule has 1 aliphatic carbocycles. The Balaban J connectivity index is 0.00000107. The van der Waals surface area contributed by atoms with Crippen LogP contribution in [-0.4, -0.2) is 67.5 Å². The molecule has 5 N–H and O–H groups in total. The van der Waals surface area contributed by atoms with Crippen molar-refractivity contribution in [3.63, 3.8) is 0 Å². The molecule has 3 rings (SSSR count). The number of nitrogens with zero attached hydrogens (tertiary/aromatic N) is 3. The molecule has 2 heterocycles. The number of aromatic amines is 2. The quantitative estimate of drug-likeness (QED) is 0.346. The second-order valence-corrected chi connectivity index (χ2v) is 7.11. The maximum Gasteiger partial charge on any atom is 0.290 e. The van der Waals surface area contributed by atoms with Crippen LogP contribution in [-0.2, 0) is 32.1 Å². The van der Waals surface area contributed by atoms with Crippen LogP contribution in [0.1, 0.15) is 44.1 Å². The maximum atomic E-state index is 12.5. The molecule has 0 saturated heterocycles. The molecule has 0 radical (unpaired) electrons. The van der Waals surface area contributed by atoms with Crippen molar-refractivity contribution in [3.05, 3.63) is 30.1 Å². The monoisotopic (exact) mass is 435 g/mol. The number of carbonyl (C=O) groups excluding carboxylic acids is 2. The van der Waals surface area contributed by atoms with Gasteiger partial charge in [0.05, 0.1) is 25.1 Å². The van der Waals surface area contributed by atoms with E-state index < -0.39 is 0 Å². The normalized spacial score (nSPS) is 20.2. The van der Waals surface area contributed by atoms with Crippen LogP contribution in [0.4, 0.5) is 0 Å². The van der Waals surface area contributed by atoms with Gasteiger partial charge < -0.3 is 20.5 Å². The van der Waals surface area contributed by atoms with Crippen LogP contribution in [0, 0.1) is 5.92 Å². The molecule has 3 atom stereocenters. The van der Waals surface area contributed by atoms with E-state index in [1.54, 1.807) is 12.3 Å². The Bertz CT molecular complexity index is 782. The summed E-state index contributed by atoms with van der Waals surface area (Å²) in [6.45, 7) is 2.71. The van der Waals surface area contributed by atoms with Crippen molar-refractivity contribution in [1.29, 1.82) is 0 Å². The average molecular weight is 435 g/mol. The second-order valence-electron chi connectivity index (χ2n) is 7.11. The van der Waals surface area contributed by atoms with Crippen molar-refractivity contribution < 1.29 is 24.2 Å². The van der Waals surface area contributed by atoms with Gasteiger partial charge in [-0.2, -0.15) is 10.2 Å². The summed E-state index contributed by atoms with van der Waals surface area (Å²) in [5.41, 5.74) is 0.768. The zero-order valence-electron chi connectivity index (χ0n) is 17.4. The molecule has 0 spiro atoms. The lowest BCUT2D eigenvalue weighted by atomic mass is 9.83. The first-order valence-corrected chi connectivity index (χ1v) is 10.2. The van der Waals surface area contributed by atoms with E-state index in [4.69, 9.17) is 14.6 Å². The van der Waals surface area contributed by atoms with Gasteiger partial charge in [-0.25, -0.2) is 4.98 Å². The molecule has 0 aliphatic heterocycles. The number of amides is 2. The zero-order valence-corrected chi connectivity index (χ0v) is 17.4. The molecule has 2 amide bonds. The van der Waals surface area contributed by atoms with Crippen molar-refractivity contribution >= 4 is 18.3 Å². The molecule has 31 heavy (non-hydrogen) atoms. The fourth-order valence-electron chi connectivity index (χ4n) is 3.43. The van der Waals surface area contributed by atoms with Gasteiger partial charge in [-0.15, -0.1) is 0 Å².